The van der Waals surface area contributed by atoms with Crippen LogP contribution in [0.3, 0.4) is 0 Å². The van der Waals surface area contributed by atoms with Gasteiger partial charge in [0.05, 0.1) is 12.2 Å². The van der Waals surface area contributed by atoms with Gasteiger partial charge in [0.1, 0.15) is 6.04 Å². The van der Waals surface area contributed by atoms with E-state index in [-0.39, 0.29) is 17.4 Å². The van der Waals surface area contributed by atoms with Gasteiger partial charge in [0, 0.05) is 19.0 Å². The largest absolute Gasteiger partial charge is 0.352 e. The summed E-state index contributed by atoms with van der Waals surface area (Å²) in [7, 11) is 0. The predicted octanol–water partition coefficient (Wildman–Crippen LogP) is -0.483. The zero-order valence-corrected chi connectivity index (χ0v) is 12.4. The Labute approximate surface area is 128 Å². The van der Waals surface area contributed by atoms with E-state index in [1.807, 2.05) is 0 Å². The summed E-state index contributed by atoms with van der Waals surface area (Å²) in [5.41, 5.74) is 1.94. The molecule has 2 aliphatic rings. The minimum atomic E-state index is -0.444. The normalized spacial score (nSPS) is 20.4. The number of carbonyl (C=O) groups is 2. The number of aryl methyl sites for hydroxylation is 2. The Bertz CT molecular complexity index is 653. The summed E-state index contributed by atoms with van der Waals surface area (Å²) in [5, 5.41) is 9.77. The van der Waals surface area contributed by atoms with Gasteiger partial charge in [-0.1, -0.05) is 0 Å². The fourth-order valence-electron chi connectivity index (χ4n) is 2.98. The van der Waals surface area contributed by atoms with E-state index < -0.39 is 6.04 Å². The van der Waals surface area contributed by atoms with Gasteiger partial charge in [0.15, 0.2) is 0 Å². The average molecular weight is 304 g/mol. The second-order valence-electron chi connectivity index (χ2n) is 5.83. The highest BCUT2D eigenvalue weighted by atomic mass is 16.2. The monoisotopic (exact) mass is 304 g/mol. The first-order valence-electron chi connectivity index (χ1n) is 7.80. The van der Waals surface area contributed by atoms with Crippen molar-refractivity contribution in [3.05, 3.63) is 27.7 Å². The van der Waals surface area contributed by atoms with Crippen molar-refractivity contribution in [2.75, 3.05) is 6.54 Å². The highest BCUT2D eigenvalue weighted by molar-refractivity contribution is 5.90. The number of fused-ring (bicyclic) bond motifs is 1. The molecule has 1 unspecified atom stereocenters. The van der Waals surface area contributed by atoms with Crippen molar-refractivity contribution in [3.8, 4) is 0 Å². The fraction of sp³-hybridized carbons (Fsp3) is 0.600. The quantitative estimate of drug-likeness (QED) is 0.785. The smallest absolute Gasteiger partial charge is 0.267 e. The van der Waals surface area contributed by atoms with E-state index in [1.54, 1.807) is 6.07 Å². The summed E-state index contributed by atoms with van der Waals surface area (Å²) in [6, 6.07) is 1.22. The first-order valence-corrected chi connectivity index (χ1v) is 7.80. The van der Waals surface area contributed by atoms with Crippen LogP contribution in [0.5, 0.6) is 0 Å². The molecule has 1 aliphatic heterocycles. The molecule has 22 heavy (non-hydrogen) atoms. The number of hydrogen-bond donors (Lipinski definition) is 2. The van der Waals surface area contributed by atoms with Crippen molar-refractivity contribution in [1.82, 2.24) is 20.4 Å². The summed E-state index contributed by atoms with van der Waals surface area (Å²) in [6.07, 6.45) is 4.98. The molecule has 2 heterocycles. The number of hydrogen-bond acceptors (Lipinski definition) is 4. The summed E-state index contributed by atoms with van der Waals surface area (Å²) in [5.74, 6) is -0.287. The summed E-state index contributed by atoms with van der Waals surface area (Å²) in [4.78, 5) is 34.9. The number of nitrogens with zero attached hydrogens (tertiary/aromatic N) is 2. The molecule has 2 amide bonds. The topological polar surface area (TPSA) is 93.1 Å². The van der Waals surface area contributed by atoms with E-state index in [0.29, 0.717) is 25.9 Å². The molecule has 0 spiro atoms. The maximum Gasteiger partial charge on any atom is 0.267 e. The summed E-state index contributed by atoms with van der Waals surface area (Å²) < 4.78 is 1.41. The van der Waals surface area contributed by atoms with E-state index in [2.05, 4.69) is 15.7 Å². The fourth-order valence-corrected chi connectivity index (χ4v) is 2.98. The Morgan fingerprint density at radius 2 is 2.14 bits per heavy atom. The zero-order valence-electron chi connectivity index (χ0n) is 12.4. The molecular formula is C15H20N4O3. The molecule has 3 rings (SSSR count). The van der Waals surface area contributed by atoms with Crippen LogP contribution in [0.2, 0.25) is 0 Å². The van der Waals surface area contributed by atoms with Crippen LogP contribution in [0.25, 0.3) is 0 Å². The first-order chi connectivity index (χ1) is 10.6. The molecule has 118 valence electrons. The Morgan fingerprint density at radius 1 is 1.32 bits per heavy atom. The lowest BCUT2D eigenvalue weighted by molar-refractivity contribution is -0.125. The van der Waals surface area contributed by atoms with Gasteiger partial charge in [-0.2, -0.15) is 5.10 Å². The van der Waals surface area contributed by atoms with E-state index in [1.165, 1.54) is 4.68 Å². The lowest BCUT2D eigenvalue weighted by Gasteiger charge is -2.16. The van der Waals surface area contributed by atoms with Gasteiger partial charge in [0.2, 0.25) is 11.8 Å². The Hall–Kier alpha value is -2.18. The van der Waals surface area contributed by atoms with E-state index >= 15 is 0 Å². The highest BCUT2D eigenvalue weighted by Gasteiger charge is 2.26. The van der Waals surface area contributed by atoms with Crippen LogP contribution in [0.1, 0.15) is 36.9 Å². The molecule has 0 radical (unpaired) electrons. The zero-order chi connectivity index (χ0) is 15.5. The molecule has 2 N–H and O–H groups in total. The number of amides is 2. The molecule has 1 aliphatic carbocycles. The van der Waals surface area contributed by atoms with Gasteiger partial charge >= 0.3 is 0 Å². The summed E-state index contributed by atoms with van der Waals surface area (Å²) in [6.45, 7) is 0.676. The lowest BCUT2D eigenvalue weighted by atomic mass is 9.97. The molecule has 0 bridgehead atoms. The van der Waals surface area contributed by atoms with Crippen LogP contribution in [-0.4, -0.2) is 34.2 Å². The van der Waals surface area contributed by atoms with Gasteiger partial charge in [-0.25, -0.2) is 4.68 Å². The molecule has 1 fully saturated rings. The van der Waals surface area contributed by atoms with Gasteiger partial charge < -0.3 is 10.6 Å². The van der Waals surface area contributed by atoms with Crippen molar-refractivity contribution in [2.24, 2.45) is 0 Å². The average Bonchev–Trinajstić information content (AvgIpc) is 2.94. The van der Waals surface area contributed by atoms with E-state index in [0.717, 1.165) is 36.9 Å². The van der Waals surface area contributed by atoms with Crippen LogP contribution in [0.4, 0.5) is 0 Å². The molecule has 7 nitrogen and oxygen atoms in total. The van der Waals surface area contributed by atoms with E-state index in [4.69, 9.17) is 0 Å². The number of nitrogens with one attached hydrogen (secondary N) is 2. The third-order valence-electron chi connectivity index (χ3n) is 4.21. The number of rotatable bonds is 4. The SMILES string of the molecule is O=C1CCC(C(=O)NCCn2nc3c(cc2=O)CCCC3)N1. The summed E-state index contributed by atoms with van der Waals surface area (Å²) >= 11 is 0. The van der Waals surface area contributed by atoms with Crippen molar-refractivity contribution in [2.45, 2.75) is 51.1 Å². The van der Waals surface area contributed by atoms with Crippen LogP contribution < -0.4 is 16.2 Å². The van der Waals surface area contributed by atoms with Crippen LogP contribution in [-0.2, 0) is 29.0 Å². The molecule has 1 atom stereocenters. The Morgan fingerprint density at radius 3 is 2.91 bits per heavy atom. The third-order valence-corrected chi connectivity index (χ3v) is 4.21. The lowest BCUT2D eigenvalue weighted by Crippen LogP contribution is -2.43. The maximum atomic E-state index is 12.0. The van der Waals surface area contributed by atoms with Gasteiger partial charge in [-0.15, -0.1) is 0 Å². The molecule has 0 saturated carbocycles. The van der Waals surface area contributed by atoms with Gasteiger partial charge in [-0.05, 0) is 37.7 Å². The van der Waals surface area contributed by atoms with Gasteiger partial charge in [0.25, 0.3) is 5.56 Å². The Kier molecular flexibility index (Phi) is 4.22. The molecule has 0 aromatic carbocycles. The molecular weight excluding hydrogens is 284 g/mol. The Balaban J connectivity index is 1.56. The van der Waals surface area contributed by atoms with E-state index in [9.17, 15) is 14.4 Å². The number of carbonyl (C=O) groups excluding carboxylic acids is 2. The number of aromatic nitrogens is 2. The van der Waals surface area contributed by atoms with Crippen molar-refractivity contribution >= 4 is 11.8 Å². The maximum absolute atomic E-state index is 12.0. The van der Waals surface area contributed by atoms with Crippen molar-refractivity contribution in [1.29, 1.82) is 0 Å². The standard InChI is InChI=1S/C15H20N4O3/c20-13-6-5-12(17-13)15(22)16-7-8-19-14(21)9-10-3-1-2-4-11(10)18-19/h9,12H,1-8H2,(H,16,22)(H,17,20). The van der Waals surface area contributed by atoms with Crippen LogP contribution >= 0.6 is 0 Å². The second kappa shape index (κ2) is 6.29. The minimum Gasteiger partial charge on any atom is -0.352 e. The minimum absolute atomic E-state index is 0.0901. The van der Waals surface area contributed by atoms with Crippen molar-refractivity contribution in [3.63, 3.8) is 0 Å². The molecule has 1 aromatic heterocycles. The second-order valence-corrected chi connectivity index (χ2v) is 5.83. The third kappa shape index (κ3) is 3.18. The molecule has 7 heteroatoms. The molecule has 1 saturated heterocycles. The van der Waals surface area contributed by atoms with Gasteiger partial charge in [-0.3, -0.25) is 14.4 Å². The van der Waals surface area contributed by atoms with Crippen LogP contribution in [0.15, 0.2) is 10.9 Å². The van der Waals surface area contributed by atoms with Crippen LogP contribution in [0, 0.1) is 0 Å². The van der Waals surface area contributed by atoms with Crippen molar-refractivity contribution < 1.29 is 9.59 Å². The predicted molar refractivity (Wildman–Crippen MR) is 79.3 cm³/mol. The highest BCUT2D eigenvalue weighted by Crippen LogP contribution is 2.16. The molecule has 1 aromatic rings. The first kappa shape index (κ1) is 14.7.